The van der Waals surface area contributed by atoms with Crippen molar-refractivity contribution in [1.82, 2.24) is 9.97 Å². The van der Waals surface area contributed by atoms with Gasteiger partial charge in [-0.05, 0) is 86.4 Å². The van der Waals surface area contributed by atoms with E-state index < -0.39 is 8.07 Å². The minimum atomic E-state index is -1.39. The molecule has 3 aromatic heterocycles. The largest absolute Gasteiger partial charge is 0.305 e. The van der Waals surface area contributed by atoms with Crippen LogP contribution in [0.25, 0.3) is 53.5 Å². The number of nitrogens with zero attached hydrogens (tertiary/aromatic N) is 3. The van der Waals surface area contributed by atoms with Gasteiger partial charge in [-0.25, -0.2) is 5.26 Å². The number of hydrogen-bond donors (Lipinski definition) is 0. The molecule has 1 fully saturated rings. The molecule has 0 N–H and O–H groups in total. The summed E-state index contributed by atoms with van der Waals surface area (Å²) in [5.41, 5.74) is 7.75. The van der Waals surface area contributed by atoms with Crippen molar-refractivity contribution >= 4 is 55.5 Å². The van der Waals surface area contributed by atoms with E-state index in [0.29, 0.717) is 11.5 Å². The number of hydrogen-bond acceptors (Lipinski definition) is 4. The molecule has 0 aliphatic heterocycles. The smallest absolute Gasteiger partial charge is 0.0798 e. The summed E-state index contributed by atoms with van der Waals surface area (Å²) in [5, 5.41) is 15.8. The maximum Gasteiger partial charge on any atom is 0.0798 e. The standard InChI is InChI=1S/C26H23N2S.C22H26NSi.Ir/c1-26(2,18-7-3-4-8-18)19-13-14-28-22(15-19)20-12-11-17(16-27)24-21-9-5-6-10-23(21)29-25(20)24;1-16(2)13-18-14-21(23-15-22(18)24(3,4)5)20-12-8-10-17-9-6-7-11-19(17)20;/h5-6,9-11,13-15,18H,3-4,7-8H2,1-2H3;6-11,14-16H,13H2,1-5H3;/q2*-1;. The Kier molecular flexibility index (Phi) is 12.1. The zero-order chi connectivity index (χ0) is 37.3. The molecule has 4 aromatic carbocycles. The second-order valence-corrected chi connectivity index (χ2v) is 22.7. The number of rotatable bonds is 7. The number of benzene rings is 4. The van der Waals surface area contributed by atoms with E-state index in [-0.39, 0.29) is 25.5 Å². The van der Waals surface area contributed by atoms with Crippen LogP contribution in [0.2, 0.25) is 19.6 Å². The first kappa shape index (κ1) is 39.7. The summed E-state index contributed by atoms with van der Waals surface area (Å²) in [7, 11) is -1.39. The minimum absolute atomic E-state index is 0. The molecule has 0 saturated heterocycles. The van der Waals surface area contributed by atoms with Gasteiger partial charge in [0.2, 0.25) is 0 Å². The van der Waals surface area contributed by atoms with Gasteiger partial charge in [-0.2, -0.15) is 11.3 Å². The van der Waals surface area contributed by atoms with E-state index in [0.717, 1.165) is 50.3 Å². The first-order valence-electron chi connectivity index (χ1n) is 19.1. The van der Waals surface area contributed by atoms with Gasteiger partial charge in [-0.3, -0.25) is 0 Å². The minimum Gasteiger partial charge on any atom is -0.305 e. The molecule has 1 aliphatic rings. The van der Waals surface area contributed by atoms with Crippen LogP contribution in [0.1, 0.15) is 70.1 Å². The third kappa shape index (κ3) is 8.02. The maximum absolute atomic E-state index is 9.67. The summed E-state index contributed by atoms with van der Waals surface area (Å²) in [6, 6.07) is 38.6. The average Bonchev–Trinajstić information content (AvgIpc) is 3.84. The SMILES string of the molecule is CC(C)(c1ccnc(-c2[c-]cc(C#N)c3c2sc2ccccc23)c1)C1CCCC1.CC(C)Cc1cc(-c2[c-]ccc3ccccc23)ncc1[Si](C)(C)C.[Ir]. The second-order valence-electron chi connectivity index (χ2n) is 16.6. The molecule has 0 bridgehead atoms. The van der Waals surface area contributed by atoms with Crippen molar-refractivity contribution in [2.75, 3.05) is 0 Å². The normalized spacial score (nSPS) is 13.5. The molecule has 1 aliphatic carbocycles. The molecular weight excluding hydrogens is 871 g/mol. The predicted molar refractivity (Wildman–Crippen MR) is 229 cm³/mol. The van der Waals surface area contributed by atoms with Crippen LogP contribution < -0.4 is 5.19 Å². The van der Waals surface area contributed by atoms with Crippen molar-refractivity contribution in [2.24, 2.45) is 11.8 Å². The first-order chi connectivity index (χ1) is 25.5. The van der Waals surface area contributed by atoms with Crippen molar-refractivity contribution in [2.45, 2.75) is 84.9 Å². The van der Waals surface area contributed by atoms with Gasteiger partial charge in [-0.1, -0.05) is 131 Å². The zero-order valence-electron chi connectivity index (χ0n) is 32.5. The van der Waals surface area contributed by atoms with Crippen molar-refractivity contribution < 1.29 is 20.1 Å². The van der Waals surface area contributed by atoms with Crippen LogP contribution >= 0.6 is 11.3 Å². The van der Waals surface area contributed by atoms with Crippen LogP contribution in [-0.4, -0.2) is 18.0 Å². The summed E-state index contributed by atoms with van der Waals surface area (Å²) in [4.78, 5) is 9.56. The van der Waals surface area contributed by atoms with Crippen molar-refractivity contribution in [3.8, 4) is 28.6 Å². The molecule has 1 saturated carbocycles. The van der Waals surface area contributed by atoms with E-state index in [1.807, 2.05) is 24.4 Å². The van der Waals surface area contributed by atoms with E-state index in [1.54, 1.807) is 11.3 Å². The van der Waals surface area contributed by atoms with E-state index >= 15 is 0 Å². The van der Waals surface area contributed by atoms with Crippen LogP contribution in [0, 0.1) is 35.3 Å². The Balaban J connectivity index is 0.000000184. The number of fused-ring (bicyclic) bond motifs is 4. The third-order valence-electron chi connectivity index (χ3n) is 11.1. The fraction of sp³-hybridized carbons (Fsp3) is 0.312. The molecule has 54 heavy (non-hydrogen) atoms. The van der Waals surface area contributed by atoms with Crippen LogP contribution in [0.15, 0.2) is 97.3 Å². The predicted octanol–water partition coefficient (Wildman–Crippen LogP) is 12.7. The Morgan fingerprint density at radius 2 is 1.59 bits per heavy atom. The Morgan fingerprint density at radius 3 is 2.31 bits per heavy atom. The molecule has 277 valence electrons. The van der Waals surface area contributed by atoms with E-state index in [4.69, 9.17) is 9.97 Å². The fourth-order valence-corrected chi connectivity index (χ4v) is 11.0. The summed E-state index contributed by atoms with van der Waals surface area (Å²) in [6.45, 7) is 16.5. The average molecular weight is 920 g/mol. The van der Waals surface area contributed by atoms with Crippen LogP contribution in [0.5, 0.6) is 0 Å². The summed E-state index contributed by atoms with van der Waals surface area (Å²) >= 11 is 1.73. The Labute approximate surface area is 340 Å². The number of pyridine rings is 2. The summed E-state index contributed by atoms with van der Waals surface area (Å²) in [6.07, 6.45) is 10.5. The Morgan fingerprint density at radius 1 is 0.889 bits per heavy atom. The molecule has 8 rings (SSSR count). The van der Waals surface area contributed by atoms with Gasteiger partial charge in [0.05, 0.1) is 8.07 Å². The van der Waals surface area contributed by atoms with Gasteiger partial charge in [0.15, 0.2) is 0 Å². The zero-order valence-corrected chi connectivity index (χ0v) is 36.7. The van der Waals surface area contributed by atoms with E-state index in [9.17, 15) is 5.26 Å². The third-order valence-corrected chi connectivity index (χ3v) is 14.4. The van der Waals surface area contributed by atoms with Crippen LogP contribution in [0.4, 0.5) is 0 Å². The molecule has 3 nitrogen and oxygen atoms in total. The summed E-state index contributed by atoms with van der Waals surface area (Å²) in [5.74, 6) is 1.37. The molecule has 7 aromatic rings. The van der Waals surface area contributed by atoms with Crippen LogP contribution in [0.3, 0.4) is 0 Å². The molecule has 0 spiro atoms. The van der Waals surface area contributed by atoms with Crippen molar-refractivity contribution in [3.63, 3.8) is 0 Å². The molecule has 0 amide bonds. The molecule has 6 heteroatoms. The Hall–Kier alpha value is -3.98. The molecule has 1 radical (unpaired) electrons. The fourth-order valence-electron chi connectivity index (χ4n) is 8.19. The van der Waals surface area contributed by atoms with Crippen molar-refractivity contribution in [1.29, 1.82) is 5.26 Å². The number of aromatic nitrogens is 2. The van der Waals surface area contributed by atoms with Gasteiger partial charge < -0.3 is 9.97 Å². The van der Waals surface area contributed by atoms with Gasteiger partial charge in [0, 0.05) is 43.3 Å². The Bertz CT molecular complexity index is 2460. The monoisotopic (exact) mass is 920 g/mol. The topological polar surface area (TPSA) is 49.6 Å². The first-order valence-corrected chi connectivity index (χ1v) is 23.4. The van der Waals surface area contributed by atoms with Crippen molar-refractivity contribution in [3.05, 3.63) is 126 Å². The van der Waals surface area contributed by atoms with E-state index in [1.165, 1.54) is 57.5 Å². The maximum atomic E-state index is 9.67. The second kappa shape index (κ2) is 16.4. The van der Waals surface area contributed by atoms with Gasteiger partial charge in [0.25, 0.3) is 0 Å². The van der Waals surface area contributed by atoms with E-state index in [2.05, 4.69) is 138 Å². The number of nitriles is 1. The van der Waals surface area contributed by atoms with Gasteiger partial charge >= 0.3 is 0 Å². The molecular formula is C48H49IrN3SSi-2. The van der Waals surface area contributed by atoms with Crippen LogP contribution in [-0.2, 0) is 31.9 Å². The molecule has 3 heterocycles. The molecule has 0 atom stereocenters. The molecule has 0 unspecified atom stereocenters. The summed E-state index contributed by atoms with van der Waals surface area (Å²) < 4.78 is 2.30. The van der Waals surface area contributed by atoms with Gasteiger partial charge in [-0.15, -0.1) is 46.8 Å². The quantitative estimate of drug-likeness (QED) is 0.118. The number of thiophene rings is 1. The van der Waals surface area contributed by atoms with Gasteiger partial charge in [0.1, 0.15) is 0 Å².